The predicted octanol–water partition coefficient (Wildman–Crippen LogP) is 3.96. The highest BCUT2D eigenvalue weighted by atomic mass is 28.4. The lowest BCUT2D eigenvalue weighted by atomic mass is 9.73. The SMILES string of the molecule is CCCO[Si](OC)(OC)C1CCC(C2CCC(=O)CC2)CC1. The van der Waals surface area contributed by atoms with Crippen molar-refractivity contribution in [2.75, 3.05) is 20.8 Å². The van der Waals surface area contributed by atoms with Crippen molar-refractivity contribution in [2.45, 2.75) is 70.3 Å². The minimum atomic E-state index is -2.51. The van der Waals surface area contributed by atoms with Gasteiger partial charge in [0.2, 0.25) is 0 Å². The van der Waals surface area contributed by atoms with E-state index in [-0.39, 0.29) is 0 Å². The fourth-order valence-electron chi connectivity index (χ4n) is 4.27. The average molecular weight is 329 g/mol. The molecule has 0 radical (unpaired) electrons. The highest BCUT2D eigenvalue weighted by Gasteiger charge is 2.49. The summed E-state index contributed by atoms with van der Waals surface area (Å²) in [6.45, 7) is 2.84. The normalized spacial score (nSPS) is 28.0. The van der Waals surface area contributed by atoms with Gasteiger partial charge in [-0.3, -0.25) is 4.79 Å². The fourth-order valence-corrected chi connectivity index (χ4v) is 7.11. The largest absolute Gasteiger partial charge is 0.503 e. The number of carbonyl (C=O) groups excluding carboxylic acids is 1. The third kappa shape index (κ3) is 4.19. The van der Waals surface area contributed by atoms with Gasteiger partial charge in [-0.05, 0) is 56.8 Å². The van der Waals surface area contributed by atoms with Crippen molar-refractivity contribution in [3.63, 3.8) is 0 Å². The van der Waals surface area contributed by atoms with Crippen LogP contribution in [0, 0.1) is 11.8 Å². The van der Waals surface area contributed by atoms with E-state index in [0.29, 0.717) is 11.3 Å². The molecule has 2 aliphatic rings. The van der Waals surface area contributed by atoms with E-state index < -0.39 is 8.80 Å². The summed E-state index contributed by atoms with van der Waals surface area (Å²) in [6, 6.07) is 0. The summed E-state index contributed by atoms with van der Waals surface area (Å²) >= 11 is 0. The van der Waals surface area contributed by atoms with Crippen LogP contribution in [0.5, 0.6) is 0 Å². The van der Waals surface area contributed by atoms with Gasteiger partial charge >= 0.3 is 8.80 Å². The quantitative estimate of drug-likeness (QED) is 0.664. The molecule has 0 spiro atoms. The second-order valence-electron chi connectivity index (χ2n) is 6.85. The predicted molar refractivity (Wildman–Crippen MR) is 88.7 cm³/mol. The van der Waals surface area contributed by atoms with Gasteiger partial charge in [0.1, 0.15) is 5.78 Å². The van der Waals surface area contributed by atoms with E-state index in [4.69, 9.17) is 13.3 Å². The summed E-state index contributed by atoms with van der Waals surface area (Å²) in [5.41, 5.74) is 0.440. The van der Waals surface area contributed by atoms with Crippen LogP contribution in [0.2, 0.25) is 5.54 Å². The van der Waals surface area contributed by atoms with Crippen LogP contribution in [0.1, 0.15) is 64.7 Å². The van der Waals surface area contributed by atoms with Gasteiger partial charge in [-0.1, -0.05) is 6.92 Å². The maximum absolute atomic E-state index is 11.4. The molecule has 0 unspecified atom stereocenters. The van der Waals surface area contributed by atoms with Crippen molar-refractivity contribution < 1.29 is 18.1 Å². The van der Waals surface area contributed by atoms with E-state index in [0.717, 1.165) is 63.4 Å². The zero-order valence-electron chi connectivity index (χ0n) is 14.4. The first-order valence-corrected chi connectivity index (χ1v) is 10.7. The Morgan fingerprint density at radius 1 is 0.955 bits per heavy atom. The van der Waals surface area contributed by atoms with E-state index in [9.17, 15) is 4.79 Å². The molecule has 0 heterocycles. The van der Waals surface area contributed by atoms with Crippen LogP contribution >= 0.6 is 0 Å². The molecule has 0 aromatic carbocycles. The highest BCUT2D eigenvalue weighted by Crippen LogP contribution is 2.45. The number of Topliss-reactive ketones (excluding diaryl/α,β-unsaturated/α-hetero) is 1. The van der Waals surface area contributed by atoms with Crippen molar-refractivity contribution in [1.29, 1.82) is 0 Å². The van der Waals surface area contributed by atoms with Crippen molar-refractivity contribution in [2.24, 2.45) is 11.8 Å². The smallest absolute Gasteiger partial charge is 0.377 e. The summed E-state index contributed by atoms with van der Waals surface area (Å²) in [6.07, 6.45) is 9.58. The van der Waals surface area contributed by atoms with Crippen LogP contribution in [0.15, 0.2) is 0 Å². The van der Waals surface area contributed by atoms with Gasteiger partial charge in [0.15, 0.2) is 0 Å². The summed E-state index contributed by atoms with van der Waals surface area (Å²) in [4.78, 5) is 11.4. The van der Waals surface area contributed by atoms with Gasteiger partial charge in [-0.25, -0.2) is 0 Å². The molecular formula is C17H32O4Si. The van der Waals surface area contributed by atoms with Crippen molar-refractivity contribution in [3.8, 4) is 0 Å². The Balaban J connectivity index is 1.88. The molecule has 2 fully saturated rings. The summed E-state index contributed by atoms with van der Waals surface area (Å²) in [7, 11) is 0.973. The number of ketones is 1. The highest BCUT2D eigenvalue weighted by molar-refractivity contribution is 6.62. The monoisotopic (exact) mass is 328 g/mol. The van der Waals surface area contributed by atoms with Gasteiger partial charge in [-0.2, -0.15) is 0 Å². The Kier molecular flexibility index (Phi) is 7.06. The third-order valence-corrected chi connectivity index (χ3v) is 8.92. The molecule has 2 saturated carbocycles. The van der Waals surface area contributed by atoms with Gasteiger partial charge < -0.3 is 13.3 Å². The molecule has 128 valence electrons. The second kappa shape index (κ2) is 8.57. The number of hydrogen-bond acceptors (Lipinski definition) is 4. The summed E-state index contributed by atoms with van der Waals surface area (Å²) in [5.74, 6) is 2.01. The minimum absolute atomic E-state index is 0.440. The number of carbonyl (C=O) groups is 1. The molecule has 0 atom stereocenters. The molecule has 22 heavy (non-hydrogen) atoms. The van der Waals surface area contributed by atoms with Gasteiger partial charge in [0.05, 0.1) is 0 Å². The molecule has 0 aliphatic heterocycles. The molecule has 5 heteroatoms. The maximum Gasteiger partial charge on any atom is 0.503 e. The Hall–Kier alpha value is -0.233. The van der Waals surface area contributed by atoms with Crippen LogP contribution < -0.4 is 0 Å². The number of hydrogen-bond donors (Lipinski definition) is 0. The molecular weight excluding hydrogens is 296 g/mol. The molecule has 0 amide bonds. The zero-order valence-corrected chi connectivity index (χ0v) is 15.4. The van der Waals surface area contributed by atoms with Crippen LogP contribution in [-0.2, 0) is 18.1 Å². The van der Waals surface area contributed by atoms with E-state index in [1.807, 2.05) is 0 Å². The van der Waals surface area contributed by atoms with E-state index >= 15 is 0 Å². The first-order chi connectivity index (χ1) is 10.6. The Morgan fingerprint density at radius 2 is 1.50 bits per heavy atom. The minimum Gasteiger partial charge on any atom is -0.377 e. The van der Waals surface area contributed by atoms with Crippen molar-refractivity contribution in [1.82, 2.24) is 0 Å². The molecule has 2 rings (SSSR count). The van der Waals surface area contributed by atoms with Crippen molar-refractivity contribution >= 4 is 14.6 Å². The summed E-state index contributed by atoms with van der Waals surface area (Å²) < 4.78 is 17.6. The van der Waals surface area contributed by atoms with Crippen molar-refractivity contribution in [3.05, 3.63) is 0 Å². The standard InChI is InChI=1S/C17H32O4Si/c1-4-13-21-22(19-2,20-3)17-11-7-15(8-12-17)14-5-9-16(18)10-6-14/h14-15,17H,4-13H2,1-3H3. The average Bonchev–Trinajstić information content (AvgIpc) is 2.58. The van der Waals surface area contributed by atoms with Crippen LogP contribution in [0.25, 0.3) is 0 Å². The van der Waals surface area contributed by atoms with Gasteiger partial charge in [0.25, 0.3) is 0 Å². The molecule has 0 saturated heterocycles. The lowest BCUT2D eigenvalue weighted by Gasteiger charge is -2.40. The van der Waals surface area contributed by atoms with E-state index in [2.05, 4.69) is 6.92 Å². The molecule has 0 aromatic heterocycles. The lowest BCUT2D eigenvalue weighted by molar-refractivity contribution is -0.121. The van der Waals surface area contributed by atoms with Crippen LogP contribution in [0.3, 0.4) is 0 Å². The Bertz CT molecular complexity index is 339. The van der Waals surface area contributed by atoms with Crippen LogP contribution in [0.4, 0.5) is 0 Å². The first kappa shape index (κ1) is 18.1. The van der Waals surface area contributed by atoms with E-state index in [1.54, 1.807) is 14.2 Å². The zero-order chi connectivity index (χ0) is 16.0. The third-order valence-electron chi connectivity index (χ3n) is 5.60. The Morgan fingerprint density at radius 3 is 2.00 bits per heavy atom. The maximum atomic E-state index is 11.4. The fraction of sp³-hybridized carbons (Fsp3) is 0.941. The summed E-state index contributed by atoms with van der Waals surface area (Å²) in [5, 5.41) is 0. The Labute approximate surface area is 136 Å². The number of rotatable bonds is 7. The lowest BCUT2D eigenvalue weighted by Crippen LogP contribution is -2.50. The van der Waals surface area contributed by atoms with Gasteiger partial charge in [0, 0.05) is 39.2 Å². The first-order valence-electron chi connectivity index (χ1n) is 8.91. The van der Waals surface area contributed by atoms with E-state index in [1.165, 1.54) is 12.8 Å². The molecule has 0 aromatic rings. The molecule has 0 N–H and O–H groups in total. The molecule has 2 aliphatic carbocycles. The second-order valence-corrected chi connectivity index (χ2v) is 9.98. The van der Waals surface area contributed by atoms with Gasteiger partial charge in [-0.15, -0.1) is 0 Å². The molecule has 4 nitrogen and oxygen atoms in total. The van der Waals surface area contributed by atoms with Crippen LogP contribution in [-0.4, -0.2) is 35.4 Å². The topological polar surface area (TPSA) is 44.8 Å². The molecule has 0 bridgehead atoms.